The molecule has 0 saturated carbocycles. The average Bonchev–Trinajstić information content (AvgIpc) is 2.28. The van der Waals surface area contributed by atoms with Gasteiger partial charge in [-0.25, -0.2) is 0 Å². The summed E-state index contributed by atoms with van der Waals surface area (Å²) in [7, 11) is -4.11. The van der Waals surface area contributed by atoms with Crippen molar-refractivity contribution in [1.29, 1.82) is 0 Å². The van der Waals surface area contributed by atoms with Crippen molar-refractivity contribution in [3.8, 4) is 0 Å². The molecule has 0 unspecified atom stereocenters. The van der Waals surface area contributed by atoms with E-state index in [-0.39, 0.29) is 30.4 Å². The molecule has 18 heavy (non-hydrogen) atoms. The zero-order valence-electron chi connectivity index (χ0n) is 10.3. The van der Waals surface area contributed by atoms with Crippen LogP contribution in [0.2, 0.25) is 0 Å². The predicted molar refractivity (Wildman–Crippen MR) is 65.4 cm³/mol. The minimum atomic E-state index is -4.11. The zero-order chi connectivity index (χ0) is 12.9. The van der Waals surface area contributed by atoms with Crippen molar-refractivity contribution >= 4 is 20.9 Å². The fourth-order valence-electron chi connectivity index (χ4n) is 1.26. The van der Waals surface area contributed by atoms with Gasteiger partial charge in [-0.1, -0.05) is 12.1 Å². The Bertz CT molecular complexity index is 596. The van der Waals surface area contributed by atoms with Crippen LogP contribution in [-0.4, -0.2) is 24.7 Å². The first-order valence-electron chi connectivity index (χ1n) is 4.98. The zero-order valence-corrected chi connectivity index (χ0v) is 11.1. The number of aliphatic hydroxyl groups excluding tert-OH is 1. The fraction of sp³-hybridized carbons (Fsp3) is 0.167. The summed E-state index contributed by atoms with van der Waals surface area (Å²) in [4.78, 5) is -0.104. The van der Waals surface area contributed by atoms with Crippen LogP contribution in [0.5, 0.6) is 0 Å². The van der Waals surface area contributed by atoms with Gasteiger partial charge in [0.1, 0.15) is 0 Å². The Morgan fingerprint density at radius 1 is 1.28 bits per heavy atom. The van der Waals surface area contributed by atoms with Crippen molar-refractivity contribution in [1.82, 2.24) is 0 Å². The maximum Gasteiger partial charge on any atom is 1.00 e. The summed E-state index contributed by atoms with van der Waals surface area (Å²) >= 11 is 0. The van der Waals surface area contributed by atoms with Crippen LogP contribution in [0.3, 0.4) is 0 Å². The molecule has 2 aromatic rings. The SMILES string of the molecule is CCO.O=S(=O)(O)c1ccc2ccc[c-]c2c1.[Li+]. The van der Waals surface area contributed by atoms with Crippen molar-refractivity contribution < 1.29 is 36.9 Å². The molecule has 0 aliphatic carbocycles. The van der Waals surface area contributed by atoms with Crippen molar-refractivity contribution in [3.05, 3.63) is 42.5 Å². The van der Waals surface area contributed by atoms with Gasteiger partial charge in [0.05, 0.1) is 4.90 Å². The third-order valence-corrected chi connectivity index (χ3v) is 2.78. The van der Waals surface area contributed by atoms with Crippen LogP contribution in [0.25, 0.3) is 10.8 Å². The second kappa shape index (κ2) is 7.57. The molecular weight excluding hydrogens is 247 g/mol. The predicted octanol–water partition coefficient (Wildman–Crippen LogP) is -1.11. The second-order valence-corrected chi connectivity index (χ2v) is 4.63. The average molecular weight is 260 g/mol. The topological polar surface area (TPSA) is 74.6 Å². The Kier molecular flexibility index (Phi) is 7.22. The van der Waals surface area contributed by atoms with E-state index in [4.69, 9.17) is 9.66 Å². The number of benzene rings is 2. The first-order valence-corrected chi connectivity index (χ1v) is 6.42. The number of fused-ring (bicyclic) bond motifs is 1. The number of hydrogen-bond donors (Lipinski definition) is 2. The largest absolute Gasteiger partial charge is 1.00 e. The first kappa shape index (κ1) is 17.2. The number of hydrogen-bond acceptors (Lipinski definition) is 3. The molecule has 2 N–H and O–H groups in total. The van der Waals surface area contributed by atoms with Crippen LogP contribution in [0.1, 0.15) is 6.92 Å². The molecule has 0 aromatic heterocycles. The van der Waals surface area contributed by atoms with Crippen molar-refractivity contribution in [2.24, 2.45) is 0 Å². The summed E-state index contributed by atoms with van der Waals surface area (Å²) < 4.78 is 30.4. The van der Waals surface area contributed by atoms with E-state index in [0.717, 1.165) is 5.39 Å². The minimum absolute atomic E-state index is 0. The molecule has 0 aliphatic heterocycles. The molecule has 0 fully saturated rings. The molecule has 4 nitrogen and oxygen atoms in total. The van der Waals surface area contributed by atoms with E-state index in [0.29, 0.717) is 5.39 Å². The standard InChI is InChI=1S/C10H7O3S.C2H6O.Li/c11-14(12,13)10-6-5-8-3-1-2-4-9(8)7-10;1-2-3;/h1-3,5-7H,(H,11,12,13);3H,2H2,1H3;/q-1;;+1. The maximum absolute atomic E-state index is 10.8. The molecule has 0 radical (unpaired) electrons. The number of rotatable bonds is 1. The Hall–Kier alpha value is -0.833. The van der Waals surface area contributed by atoms with Gasteiger partial charge in [-0.3, -0.25) is 4.55 Å². The maximum atomic E-state index is 10.8. The Morgan fingerprint density at radius 2 is 1.89 bits per heavy atom. The van der Waals surface area contributed by atoms with E-state index >= 15 is 0 Å². The molecule has 0 spiro atoms. The molecule has 0 bridgehead atoms. The van der Waals surface area contributed by atoms with E-state index < -0.39 is 10.1 Å². The molecule has 2 aromatic carbocycles. The van der Waals surface area contributed by atoms with Crippen LogP contribution >= 0.6 is 0 Å². The van der Waals surface area contributed by atoms with Gasteiger partial charge in [-0.05, 0) is 6.92 Å². The fourth-order valence-corrected chi connectivity index (χ4v) is 1.76. The molecule has 92 valence electrons. The van der Waals surface area contributed by atoms with Crippen LogP contribution in [0.15, 0.2) is 41.3 Å². The van der Waals surface area contributed by atoms with Gasteiger partial charge in [-0.15, -0.1) is 41.1 Å². The molecule has 0 heterocycles. The summed E-state index contributed by atoms with van der Waals surface area (Å²) in [5, 5.41) is 9.13. The van der Waals surface area contributed by atoms with Crippen molar-refractivity contribution in [2.45, 2.75) is 11.8 Å². The van der Waals surface area contributed by atoms with Crippen LogP contribution in [0, 0.1) is 6.07 Å². The summed E-state index contributed by atoms with van der Waals surface area (Å²) in [6.45, 7) is 1.93. The molecular formula is C12H13LiO4S. The normalized spacial score (nSPS) is 10.2. The van der Waals surface area contributed by atoms with E-state index in [9.17, 15) is 8.42 Å². The third-order valence-electron chi connectivity index (χ3n) is 1.93. The third kappa shape index (κ3) is 4.81. The van der Waals surface area contributed by atoms with Gasteiger partial charge < -0.3 is 5.11 Å². The van der Waals surface area contributed by atoms with Crippen LogP contribution in [0.4, 0.5) is 0 Å². The summed E-state index contributed by atoms with van der Waals surface area (Å²) in [6, 6.07) is 12.6. The molecule has 2 rings (SSSR count). The molecule has 0 saturated heterocycles. The molecule has 0 atom stereocenters. The minimum Gasteiger partial charge on any atom is -0.397 e. The summed E-state index contributed by atoms with van der Waals surface area (Å²) in [5.74, 6) is 0. The van der Waals surface area contributed by atoms with E-state index in [2.05, 4.69) is 6.07 Å². The first-order chi connectivity index (χ1) is 7.99. The van der Waals surface area contributed by atoms with Gasteiger partial charge in [0.2, 0.25) is 0 Å². The monoisotopic (exact) mass is 260 g/mol. The van der Waals surface area contributed by atoms with Crippen molar-refractivity contribution in [3.63, 3.8) is 0 Å². The Balaban J connectivity index is 0.000000660. The molecule has 0 aliphatic rings. The van der Waals surface area contributed by atoms with Gasteiger partial charge in [0.15, 0.2) is 0 Å². The van der Waals surface area contributed by atoms with E-state index in [1.54, 1.807) is 19.1 Å². The Labute approximate surface area is 119 Å². The quantitative estimate of drug-likeness (QED) is 0.387. The number of aliphatic hydroxyl groups is 1. The Morgan fingerprint density at radius 3 is 2.44 bits per heavy atom. The molecule has 0 amide bonds. The van der Waals surface area contributed by atoms with Gasteiger partial charge in [0, 0.05) is 6.61 Å². The molecule has 6 heteroatoms. The van der Waals surface area contributed by atoms with E-state index in [1.807, 2.05) is 12.1 Å². The van der Waals surface area contributed by atoms with Gasteiger partial charge in [0.25, 0.3) is 10.1 Å². The summed E-state index contributed by atoms with van der Waals surface area (Å²) in [6.07, 6.45) is 0. The van der Waals surface area contributed by atoms with Crippen LogP contribution in [-0.2, 0) is 10.1 Å². The van der Waals surface area contributed by atoms with Gasteiger partial charge >= 0.3 is 18.9 Å². The second-order valence-electron chi connectivity index (χ2n) is 3.21. The van der Waals surface area contributed by atoms with Crippen LogP contribution < -0.4 is 18.9 Å². The van der Waals surface area contributed by atoms with Crippen molar-refractivity contribution in [2.75, 3.05) is 6.61 Å². The van der Waals surface area contributed by atoms with E-state index in [1.165, 1.54) is 12.1 Å². The smallest absolute Gasteiger partial charge is 0.397 e. The van der Waals surface area contributed by atoms with Gasteiger partial charge in [-0.2, -0.15) is 8.42 Å². The summed E-state index contributed by atoms with van der Waals surface area (Å²) in [5.41, 5.74) is 0.